The molecule has 3 atom stereocenters. The maximum absolute atomic E-state index is 12.9. The standard InChI is InChI=1S/C23H31N3O4S/c1-13(2)9-21(29)26-11-18(28)10-20(26)23(30)25-19(12-27)16-5-7-17(8-6-16)22-14(3)24-15(4)31-22/h5-8,13,18-20,27-28H,9-12H2,1-4H3,(H,25,30). The molecule has 1 saturated heterocycles. The molecular weight excluding hydrogens is 414 g/mol. The minimum absolute atomic E-state index is 0.133. The fourth-order valence-electron chi connectivity index (χ4n) is 3.97. The van der Waals surface area contributed by atoms with Gasteiger partial charge in [0.2, 0.25) is 11.8 Å². The number of nitrogens with one attached hydrogen (secondary N) is 1. The maximum Gasteiger partial charge on any atom is 0.243 e. The van der Waals surface area contributed by atoms with Crippen molar-refractivity contribution >= 4 is 23.2 Å². The predicted octanol–water partition coefficient (Wildman–Crippen LogP) is 2.58. The summed E-state index contributed by atoms with van der Waals surface area (Å²) >= 11 is 1.63. The van der Waals surface area contributed by atoms with Crippen molar-refractivity contribution in [3.63, 3.8) is 0 Å². The molecule has 1 aliphatic rings. The SMILES string of the molecule is Cc1nc(C)c(-c2ccc(C(CO)NC(=O)C3CC(O)CN3C(=O)CC(C)C)cc2)s1. The first-order chi connectivity index (χ1) is 14.7. The number of carbonyl (C=O) groups excluding carboxylic acids is 2. The van der Waals surface area contributed by atoms with E-state index < -0.39 is 18.2 Å². The van der Waals surface area contributed by atoms with E-state index in [1.807, 2.05) is 52.0 Å². The third kappa shape index (κ3) is 5.50. The van der Waals surface area contributed by atoms with E-state index in [9.17, 15) is 19.8 Å². The summed E-state index contributed by atoms with van der Waals surface area (Å²) in [4.78, 5) is 32.5. The van der Waals surface area contributed by atoms with Crippen LogP contribution in [0.5, 0.6) is 0 Å². The lowest BCUT2D eigenvalue weighted by atomic mass is 10.0. The van der Waals surface area contributed by atoms with E-state index in [2.05, 4.69) is 10.3 Å². The van der Waals surface area contributed by atoms with E-state index in [-0.39, 0.29) is 37.3 Å². The summed E-state index contributed by atoms with van der Waals surface area (Å²) in [6.07, 6.45) is -0.181. The molecule has 2 amide bonds. The summed E-state index contributed by atoms with van der Waals surface area (Å²) < 4.78 is 0. The number of likely N-dealkylation sites (tertiary alicyclic amines) is 1. The van der Waals surface area contributed by atoms with Gasteiger partial charge in [-0.05, 0) is 30.9 Å². The Bertz CT molecular complexity index is 925. The van der Waals surface area contributed by atoms with Gasteiger partial charge in [-0.15, -0.1) is 11.3 Å². The number of aliphatic hydroxyl groups excluding tert-OH is 2. The Morgan fingerprint density at radius 2 is 1.94 bits per heavy atom. The molecule has 31 heavy (non-hydrogen) atoms. The summed E-state index contributed by atoms with van der Waals surface area (Å²) in [6, 6.07) is 6.37. The fraction of sp³-hybridized carbons (Fsp3) is 0.522. The van der Waals surface area contributed by atoms with Gasteiger partial charge in [0.05, 0.1) is 34.3 Å². The number of hydrogen-bond donors (Lipinski definition) is 3. The van der Waals surface area contributed by atoms with Gasteiger partial charge in [0.25, 0.3) is 0 Å². The number of carbonyl (C=O) groups is 2. The molecule has 0 bridgehead atoms. The van der Waals surface area contributed by atoms with Gasteiger partial charge < -0.3 is 20.4 Å². The highest BCUT2D eigenvalue weighted by molar-refractivity contribution is 7.15. The molecule has 168 valence electrons. The van der Waals surface area contributed by atoms with Crippen LogP contribution in [0.3, 0.4) is 0 Å². The Morgan fingerprint density at radius 3 is 2.48 bits per heavy atom. The van der Waals surface area contributed by atoms with Crippen LogP contribution in [0.2, 0.25) is 0 Å². The first-order valence-corrected chi connectivity index (χ1v) is 11.4. The molecule has 1 aromatic carbocycles. The lowest BCUT2D eigenvalue weighted by Crippen LogP contribution is -2.47. The number of hydrogen-bond acceptors (Lipinski definition) is 6. The van der Waals surface area contributed by atoms with Gasteiger partial charge in [-0.3, -0.25) is 9.59 Å². The number of amides is 2. The number of nitrogens with zero attached hydrogens (tertiary/aromatic N) is 2. The van der Waals surface area contributed by atoms with E-state index in [0.717, 1.165) is 26.7 Å². The lowest BCUT2D eigenvalue weighted by molar-refractivity contribution is -0.139. The highest BCUT2D eigenvalue weighted by Crippen LogP contribution is 2.30. The quantitative estimate of drug-likeness (QED) is 0.608. The van der Waals surface area contributed by atoms with E-state index in [1.54, 1.807) is 11.3 Å². The smallest absolute Gasteiger partial charge is 0.243 e. The van der Waals surface area contributed by atoms with Gasteiger partial charge in [-0.2, -0.15) is 0 Å². The molecule has 0 aliphatic carbocycles. The van der Waals surface area contributed by atoms with Crippen LogP contribution >= 0.6 is 11.3 Å². The van der Waals surface area contributed by atoms with E-state index in [0.29, 0.717) is 6.42 Å². The first-order valence-electron chi connectivity index (χ1n) is 10.6. The van der Waals surface area contributed by atoms with Crippen LogP contribution in [0.4, 0.5) is 0 Å². The molecule has 1 aliphatic heterocycles. The van der Waals surface area contributed by atoms with Crippen LogP contribution in [0.25, 0.3) is 10.4 Å². The summed E-state index contributed by atoms with van der Waals surface area (Å²) in [5.74, 6) is -0.318. The molecule has 2 heterocycles. The number of thiazole rings is 1. The molecule has 8 heteroatoms. The normalized spacial score (nSPS) is 19.6. The number of rotatable bonds is 7. The van der Waals surface area contributed by atoms with E-state index in [4.69, 9.17) is 0 Å². The highest BCUT2D eigenvalue weighted by atomic mass is 32.1. The zero-order chi connectivity index (χ0) is 22.7. The zero-order valence-corrected chi connectivity index (χ0v) is 19.3. The Kier molecular flexibility index (Phi) is 7.46. The van der Waals surface area contributed by atoms with Crippen LogP contribution in [-0.4, -0.2) is 57.2 Å². The third-order valence-corrected chi connectivity index (χ3v) is 6.58. The minimum Gasteiger partial charge on any atom is -0.394 e. The monoisotopic (exact) mass is 445 g/mol. The van der Waals surface area contributed by atoms with Crippen molar-refractivity contribution in [3.05, 3.63) is 40.5 Å². The topological polar surface area (TPSA) is 103 Å². The van der Waals surface area contributed by atoms with Crippen molar-refractivity contribution in [1.29, 1.82) is 0 Å². The molecule has 3 rings (SSSR count). The number of aromatic nitrogens is 1. The largest absolute Gasteiger partial charge is 0.394 e. The second-order valence-electron chi connectivity index (χ2n) is 8.56. The number of benzene rings is 1. The molecule has 1 fully saturated rings. The van der Waals surface area contributed by atoms with Crippen molar-refractivity contribution in [2.24, 2.45) is 5.92 Å². The van der Waals surface area contributed by atoms with Gasteiger partial charge in [-0.1, -0.05) is 38.1 Å². The van der Waals surface area contributed by atoms with Crippen molar-refractivity contribution in [1.82, 2.24) is 15.2 Å². The Hall–Kier alpha value is -2.29. The third-order valence-electron chi connectivity index (χ3n) is 5.46. The minimum atomic E-state index is -0.725. The van der Waals surface area contributed by atoms with Crippen molar-refractivity contribution in [2.45, 2.75) is 58.7 Å². The van der Waals surface area contributed by atoms with Crippen LogP contribution in [0.1, 0.15) is 49.0 Å². The predicted molar refractivity (Wildman–Crippen MR) is 121 cm³/mol. The van der Waals surface area contributed by atoms with Crippen molar-refractivity contribution in [3.8, 4) is 10.4 Å². The molecule has 0 spiro atoms. The number of aliphatic hydroxyl groups is 2. The zero-order valence-electron chi connectivity index (χ0n) is 18.5. The second-order valence-corrected chi connectivity index (χ2v) is 9.77. The van der Waals surface area contributed by atoms with Gasteiger partial charge in [0, 0.05) is 19.4 Å². The average molecular weight is 446 g/mol. The molecule has 3 N–H and O–H groups in total. The average Bonchev–Trinajstić information content (AvgIpc) is 3.27. The molecule has 7 nitrogen and oxygen atoms in total. The van der Waals surface area contributed by atoms with Gasteiger partial charge in [0.15, 0.2) is 0 Å². The maximum atomic E-state index is 12.9. The van der Waals surface area contributed by atoms with Gasteiger partial charge in [-0.25, -0.2) is 4.98 Å². The van der Waals surface area contributed by atoms with Crippen LogP contribution in [0.15, 0.2) is 24.3 Å². The number of β-amino-alcohol motifs (C(OH)–C–C–N with tert-alkyl or cyclic N) is 1. The fourth-order valence-corrected chi connectivity index (χ4v) is 4.90. The van der Waals surface area contributed by atoms with E-state index >= 15 is 0 Å². The summed E-state index contributed by atoms with van der Waals surface area (Å²) in [5.41, 5.74) is 2.80. The van der Waals surface area contributed by atoms with Crippen molar-refractivity contribution < 1.29 is 19.8 Å². The van der Waals surface area contributed by atoms with Crippen LogP contribution in [0, 0.1) is 19.8 Å². The summed E-state index contributed by atoms with van der Waals surface area (Å²) in [6.45, 7) is 7.74. The molecular formula is C23H31N3O4S. The summed E-state index contributed by atoms with van der Waals surface area (Å²) in [5, 5.41) is 23.8. The highest BCUT2D eigenvalue weighted by Gasteiger charge is 2.39. The van der Waals surface area contributed by atoms with E-state index in [1.165, 1.54) is 4.90 Å². The summed E-state index contributed by atoms with van der Waals surface area (Å²) in [7, 11) is 0. The molecule has 0 radical (unpaired) electrons. The number of aryl methyl sites for hydroxylation is 2. The first kappa shape index (κ1) is 23.4. The Balaban J connectivity index is 1.72. The molecule has 3 unspecified atom stereocenters. The second kappa shape index (κ2) is 9.89. The van der Waals surface area contributed by atoms with Crippen LogP contribution < -0.4 is 5.32 Å². The van der Waals surface area contributed by atoms with Crippen LogP contribution in [-0.2, 0) is 9.59 Å². The molecule has 2 aromatic rings. The van der Waals surface area contributed by atoms with Gasteiger partial charge >= 0.3 is 0 Å². The lowest BCUT2D eigenvalue weighted by Gasteiger charge is -2.26. The Morgan fingerprint density at radius 1 is 1.26 bits per heavy atom. The molecule has 0 saturated carbocycles. The van der Waals surface area contributed by atoms with Crippen molar-refractivity contribution in [2.75, 3.05) is 13.2 Å². The Labute approximate surface area is 187 Å². The van der Waals surface area contributed by atoms with Gasteiger partial charge in [0.1, 0.15) is 6.04 Å². The molecule has 1 aromatic heterocycles.